The van der Waals surface area contributed by atoms with Crippen LogP contribution in [0.2, 0.25) is 0 Å². The van der Waals surface area contributed by atoms with Crippen molar-refractivity contribution < 1.29 is 9.15 Å². The summed E-state index contributed by atoms with van der Waals surface area (Å²) in [5.41, 5.74) is 0.392. The second-order valence-corrected chi connectivity index (χ2v) is 5.97. The van der Waals surface area contributed by atoms with Gasteiger partial charge in [0, 0.05) is 44.4 Å². The molecule has 3 heterocycles. The molecule has 1 saturated heterocycles. The first kappa shape index (κ1) is 14.8. The molecule has 2 aromatic rings. The number of oxazole rings is 1. The van der Waals surface area contributed by atoms with E-state index in [9.17, 15) is 5.26 Å². The number of ether oxygens (including phenoxy) is 1. The first-order valence-corrected chi connectivity index (χ1v) is 8.06. The number of hydrogen-bond donors (Lipinski definition) is 0. The number of nitrogens with zero attached hydrogens (tertiary/aromatic N) is 6. The lowest BCUT2D eigenvalue weighted by Gasteiger charge is -2.34. The molecule has 124 valence electrons. The largest absolute Gasteiger partial charge is 0.481 e. The van der Waals surface area contributed by atoms with E-state index in [1.807, 2.05) is 0 Å². The van der Waals surface area contributed by atoms with Crippen LogP contribution < -0.4 is 14.5 Å². The topological polar surface area (TPSA) is 91.3 Å². The fourth-order valence-electron chi connectivity index (χ4n) is 2.83. The lowest BCUT2D eigenvalue weighted by Crippen LogP contribution is -2.47. The van der Waals surface area contributed by atoms with Crippen molar-refractivity contribution in [1.82, 2.24) is 15.0 Å². The van der Waals surface area contributed by atoms with Gasteiger partial charge in [-0.25, -0.2) is 9.97 Å². The number of anilines is 2. The van der Waals surface area contributed by atoms with Crippen molar-refractivity contribution in [3.05, 3.63) is 23.8 Å². The van der Waals surface area contributed by atoms with Crippen LogP contribution in [-0.4, -0.2) is 48.2 Å². The summed E-state index contributed by atoms with van der Waals surface area (Å²) in [6.07, 6.45) is 3.90. The molecule has 8 nitrogen and oxygen atoms in total. The van der Waals surface area contributed by atoms with Gasteiger partial charge in [0.15, 0.2) is 0 Å². The lowest BCUT2D eigenvalue weighted by molar-refractivity contribution is 0.396. The predicted molar refractivity (Wildman–Crippen MR) is 86.2 cm³/mol. The molecule has 1 aliphatic heterocycles. The van der Waals surface area contributed by atoms with Gasteiger partial charge >= 0.3 is 0 Å². The third-order valence-electron chi connectivity index (χ3n) is 4.33. The maximum Gasteiger partial charge on any atom is 0.234 e. The maximum atomic E-state index is 9.31. The smallest absolute Gasteiger partial charge is 0.234 e. The first-order chi connectivity index (χ1) is 11.8. The molecule has 0 aromatic carbocycles. The molecule has 1 saturated carbocycles. The molecule has 0 radical (unpaired) electrons. The van der Waals surface area contributed by atoms with E-state index in [0.717, 1.165) is 39.0 Å². The van der Waals surface area contributed by atoms with E-state index < -0.39 is 0 Å². The number of aromatic nitrogens is 3. The second kappa shape index (κ2) is 6.00. The standard InChI is InChI=1S/C16H18N6O2/c1-23-13-4-5-18-16(20-13)22-8-6-21(7-9-22)15-12(10-17)19-14(24-15)11-2-3-11/h4-5,11H,2-3,6-9H2,1H3. The molecule has 0 N–H and O–H groups in total. The molecule has 2 fully saturated rings. The van der Waals surface area contributed by atoms with Gasteiger partial charge in [0.25, 0.3) is 0 Å². The van der Waals surface area contributed by atoms with Crippen LogP contribution in [0.15, 0.2) is 16.7 Å². The third-order valence-corrected chi connectivity index (χ3v) is 4.33. The molecule has 0 spiro atoms. The Balaban J connectivity index is 1.47. The van der Waals surface area contributed by atoms with Crippen LogP contribution in [-0.2, 0) is 0 Å². The van der Waals surface area contributed by atoms with Crippen LogP contribution in [0.1, 0.15) is 30.3 Å². The number of piperazine rings is 1. The van der Waals surface area contributed by atoms with Gasteiger partial charge in [-0.05, 0) is 12.8 Å². The zero-order valence-electron chi connectivity index (χ0n) is 13.5. The minimum absolute atomic E-state index is 0.392. The fraction of sp³-hybridized carbons (Fsp3) is 0.500. The van der Waals surface area contributed by atoms with Gasteiger partial charge in [0.05, 0.1) is 7.11 Å². The summed E-state index contributed by atoms with van der Waals surface area (Å²) in [6, 6.07) is 3.88. The summed E-state index contributed by atoms with van der Waals surface area (Å²) in [5, 5.41) is 9.31. The van der Waals surface area contributed by atoms with E-state index in [1.54, 1.807) is 19.4 Å². The minimum atomic E-state index is 0.392. The lowest BCUT2D eigenvalue weighted by atomic mass is 10.3. The maximum absolute atomic E-state index is 9.31. The van der Waals surface area contributed by atoms with Gasteiger partial charge in [-0.1, -0.05) is 0 Å². The Labute approximate surface area is 139 Å². The average Bonchev–Trinajstić information content (AvgIpc) is 3.41. The summed E-state index contributed by atoms with van der Waals surface area (Å²) >= 11 is 0. The van der Waals surface area contributed by atoms with E-state index in [4.69, 9.17) is 9.15 Å². The number of nitriles is 1. The Kier molecular flexibility index (Phi) is 3.69. The molecule has 0 unspecified atom stereocenters. The Hall–Kier alpha value is -2.82. The van der Waals surface area contributed by atoms with Crippen molar-refractivity contribution >= 4 is 11.8 Å². The van der Waals surface area contributed by atoms with Gasteiger partial charge < -0.3 is 19.0 Å². The van der Waals surface area contributed by atoms with Crippen LogP contribution in [0.5, 0.6) is 5.88 Å². The van der Waals surface area contributed by atoms with Crippen molar-refractivity contribution in [3.63, 3.8) is 0 Å². The normalized spacial score (nSPS) is 17.7. The van der Waals surface area contributed by atoms with E-state index in [2.05, 4.69) is 30.8 Å². The number of methoxy groups -OCH3 is 1. The molecule has 0 amide bonds. The first-order valence-electron chi connectivity index (χ1n) is 8.06. The van der Waals surface area contributed by atoms with Crippen LogP contribution in [0, 0.1) is 11.3 Å². The van der Waals surface area contributed by atoms with E-state index in [0.29, 0.717) is 35.2 Å². The van der Waals surface area contributed by atoms with Crippen molar-refractivity contribution in [2.24, 2.45) is 0 Å². The second-order valence-electron chi connectivity index (χ2n) is 5.97. The third kappa shape index (κ3) is 2.73. The highest BCUT2D eigenvalue weighted by Gasteiger charge is 2.32. The molecule has 8 heteroatoms. The Morgan fingerprint density at radius 2 is 1.96 bits per heavy atom. The van der Waals surface area contributed by atoms with E-state index in [1.165, 1.54) is 0 Å². The Morgan fingerprint density at radius 3 is 2.62 bits per heavy atom. The molecule has 1 aliphatic carbocycles. The molecular formula is C16H18N6O2. The molecule has 2 aromatic heterocycles. The van der Waals surface area contributed by atoms with Gasteiger partial charge in [0.1, 0.15) is 6.07 Å². The summed E-state index contributed by atoms with van der Waals surface area (Å²) in [6.45, 7) is 2.96. The molecule has 24 heavy (non-hydrogen) atoms. The molecule has 0 atom stereocenters. The average molecular weight is 326 g/mol. The van der Waals surface area contributed by atoms with Gasteiger partial charge in [-0.15, -0.1) is 0 Å². The van der Waals surface area contributed by atoms with Crippen molar-refractivity contribution in [1.29, 1.82) is 5.26 Å². The van der Waals surface area contributed by atoms with Crippen molar-refractivity contribution in [3.8, 4) is 11.9 Å². The number of rotatable bonds is 4. The number of hydrogen-bond acceptors (Lipinski definition) is 8. The summed E-state index contributed by atoms with van der Waals surface area (Å²) in [5.74, 6) is 2.92. The van der Waals surface area contributed by atoms with Crippen LogP contribution >= 0.6 is 0 Å². The highest BCUT2D eigenvalue weighted by molar-refractivity contribution is 5.50. The van der Waals surface area contributed by atoms with Gasteiger partial charge in [-0.2, -0.15) is 10.2 Å². The Bertz CT molecular complexity index is 771. The van der Waals surface area contributed by atoms with Crippen LogP contribution in [0.3, 0.4) is 0 Å². The molecule has 2 aliphatic rings. The Morgan fingerprint density at radius 1 is 1.21 bits per heavy atom. The summed E-state index contributed by atoms with van der Waals surface area (Å²) < 4.78 is 11.0. The van der Waals surface area contributed by atoms with Crippen LogP contribution in [0.4, 0.5) is 11.8 Å². The zero-order valence-corrected chi connectivity index (χ0v) is 13.5. The summed E-state index contributed by atoms with van der Waals surface area (Å²) in [4.78, 5) is 17.2. The highest BCUT2D eigenvalue weighted by Crippen LogP contribution is 2.41. The van der Waals surface area contributed by atoms with Gasteiger partial charge in [0.2, 0.25) is 29.3 Å². The minimum Gasteiger partial charge on any atom is -0.481 e. The monoisotopic (exact) mass is 326 g/mol. The zero-order chi connectivity index (χ0) is 16.5. The van der Waals surface area contributed by atoms with Crippen molar-refractivity contribution in [2.45, 2.75) is 18.8 Å². The predicted octanol–water partition coefficient (Wildman–Crippen LogP) is 1.55. The fourth-order valence-corrected chi connectivity index (χ4v) is 2.83. The van der Waals surface area contributed by atoms with Crippen molar-refractivity contribution in [2.75, 3.05) is 43.1 Å². The summed E-state index contributed by atoms with van der Waals surface area (Å²) in [7, 11) is 1.59. The molecular weight excluding hydrogens is 308 g/mol. The van der Waals surface area contributed by atoms with E-state index >= 15 is 0 Å². The van der Waals surface area contributed by atoms with E-state index in [-0.39, 0.29) is 0 Å². The molecule has 0 bridgehead atoms. The molecule has 4 rings (SSSR count). The highest BCUT2D eigenvalue weighted by atomic mass is 16.5. The quantitative estimate of drug-likeness (QED) is 0.836. The van der Waals surface area contributed by atoms with Gasteiger partial charge in [-0.3, -0.25) is 0 Å². The SMILES string of the molecule is COc1ccnc(N2CCN(c3oc(C4CC4)nc3C#N)CC2)n1. The van der Waals surface area contributed by atoms with Crippen LogP contribution in [0.25, 0.3) is 0 Å².